The maximum absolute atomic E-state index is 6.54. The summed E-state index contributed by atoms with van der Waals surface area (Å²) in [6, 6.07) is 56.3. The zero-order valence-electron chi connectivity index (χ0n) is 24.3. The molecule has 0 aliphatic rings. The lowest BCUT2D eigenvalue weighted by molar-refractivity contribution is 0.668. The van der Waals surface area contributed by atoms with Crippen molar-refractivity contribution in [1.29, 1.82) is 0 Å². The second-order valence-electron chi connectivity index (χ2n) is 11.7. The lowest BCUT2D eigenvalue weighted by Crippen LogP contribution is -1.94. The van der Waals surface area contributed by atoms with Crippen molar-refractivity contribution in [2.24, 2.45) is 0 Å². The Bertz CT molecular complexity index is 2740. The molecule has 0 spiro atoms. The van der Waals surface area contributed by atoms with Crippen LogP contribution in [0.1, 0.15) is 0 Å². The number of hydrogen-bond donors (Lipinski definition) is 0. The highest BCUT2D eigenvalue weighted by Crippen LogP contribution is 2.43. The molecule has 3 heterocycles. The van der Waals surface area contributed by atoms with Gasteiger partial charge in [-0.25, -0.2) is 0 Å². The second-order valence-corrected chi connectivity index (χ2v) is 11.7. The summed E-state index contributed by atoms with van der Waals surface area (Å²) in [6.45, 7) is 0. The maximum Gasteiger partial charge on any atom is 0.137 e. The molecule has 0 bridgehead atoms. The largest absolute Gasteiger partial charge is 0.456 e. The number of furan rings is 1. The number of aromatic nitrogens is 2. The van der Waals surface area contributed by atoms with Crippen LogP contribution >= 0.6 is 0 Å². The average molecular weight is 575 g/mol. The highest BCUT2D eigenvalue weighted by atomic mass is 16.3. The normalized spacial score (nSPS) is 12.0. The molecule has 0 N–H and O–H groups in total. The SMILES string of the molecule is c1ccc(-c2cccc3oc4cc(-n5c6ccccc6c6c7c8ccccc8n(-c8ccccc8)c7ccc65)ccc4c23)cc1. The molecule has 7 aromatic carbocycles. The number of hydrogen-bond acceptors (Lipinski definition) is 1. The number of benzene rings is 7. The number of fused-ring (bicyclic) bond motifs is 10. The van der Waals surface area contributed by atoms with Crippen LogP contribution < -0.4 is 0 Å². The summed E-state index contributed by atoms with van der Waals surface area (Å²) in [5, 5.41) is 7.32. The van der Waals surface area contributed by atoms with Gasteiger partial charge in [-0.1, -0.05) is 97.1 Å². The lowest BCUT2D eigenvalue weighted by Gasteiger charge is -2.09. The van der Waals surface area contributed by atoms with Crippen molar-refractivity contribution in [2.75, 3.05) is 0 Å². The third-order valence-corrected chi connectivity index (χ3v) is 9.31. The standard InChI is InChI=1S/C42H26N2O/c1-3-12-27(13-4-1)30-18-11-21-38-40(30)33-23-22-29(26-39(33)45-38)44-35-20-10-8-17-32(35)42-37(44)25-24-36-41(42)31-16-7-9-19-34(31)43(36)28-14-5-2-6-15-28/h1-26H. The molecule has 0 aliphatic heterocycles. The molecule has 0 fully saturated rings. The molecule has 0 atom stereocenters. The van der Waals surface area contributed by atoms with Crippen LogP contribution in [0.15, 0.2) is 162 Å². The van der Waals surface area contributed by atoms with Crippen molar-refractivity contribution >= 4 is 65.6 Å². The van der Waals surface area contributed by atoms with Crippen LogP contribution in [0, 0.1) is 0 Å². The van der Waals surface area contributed by atoms with Gasteiger partial charge >= 0.3 is 0 Å². The first kappa shape index (κ1) is 24.4. The summed E-state index contributed by atoms with van der Waals surface area (Å²) in [7, 11) is 0. The van der Waals surface area contributed by atoms with Gasteiger partial charge in [-0.15, -0.1) is 0 Å². The van der Waals surface area contributed by atoms with Crippen LogP contribution in [-0.2, 0) is 0 Å². The first-order valence-electron chi connectivity index (χ1n) is 15.4. The van der Waals surface area contributed by atoms with Crippen molar-refractivity contribution < 1.29 is 4.42 Å². The summed E-state index contributed by atoms with van der Waals surface area (Å²) in [5.74, 6) is 0. The highest BCUT2D eigenvalue weighted by molar-refractivity contribution is 6.29. The van der Waals surface area contributed by atoms with Gasteiger partial charge < -0.3 is 13.6 Å². The molecular formula is C42H26N2O. The van der Waals surface area contributed by atoms with Crippen molar-refractivity contribution in [3.05, 3.63) is 158 Å². The zero-order chi connectivity index (χ0) is 29.5. The Morgan fingerprint density at radius 2 is 0.956 bits per heavy atom. The van der Waals surface area contributed by atoms with Gasteiger partial charge in [0.25, 0.3) is 0 Å². The van der Waals surface area contributed by atoms with Gasteiger partial charge in [0.2, 0.25) is 0 Å². The number of para-hydroxylation sites is 3. The third-order valence-electron chi connectivity index (χ3n) is 9.31. The Hall–Kier alpha value is -6.06. The Morgan fingerprint density at radius 3 is 1.64 bits per heavy atom. The van der Waals surface area contributed by atoms with Crippen LogP contribution in [0.5, 0.6) is 0 Å². The van der Waals surface area contributed by atoms with Crippen molar-refractivity contribution in [1.82, 2.24) is 9.13 Å². The highest BCUT2D eigenvalue weighted by Gasteiger charge is 2.21. The molecule has 0 unspecified atom stereocenters. The van der Waals surface area contributed by atoms with E-state index in [9.17, 15) is 0 Å². The minimum absolute atomic E-state index is 0.888. The van der Waals surface area contributed by atoms with Crippen LogP contribution in [0.3, 0.4) is 0 Å². The number of nitrogens with zero attached hydrogens (tertiary/aromatic N) is 2. The van der Waals surface area contributed by atoms with E-state index in [0.717, 1.165) is 33.3 Å². The summed E-state index contributed by atoms with van der Waals surface area (Å²) in [5.41, 5.74) is 11.2. The Morgan fingerprint density at radius 1 is 0.356 bits per heavy atom. The summed E-state index contributed by atoms with van der Waals surface area (Å²) < 4.78 is 11.3. The zero-order valence-corrected chi connectivity index (χ0v) is 24.3. The second kappa shape index (κ2) is 9.22. The molecule has 10 rings (SSSR count). The van der Waals surface area contributed by atoms with E-state index in [1.54, 1.807) is 0 Å². The molecule has 3 aromatic heterocycles. The molecule has 0 saturated heterocycles. The average Bonchev–Trinajstić information content (AvgIpc) is 3.76. The van der Waals surface area contributed by atoms with Crippen LogP contribution in [-0.4, -0.2) is 9.13 Å². The van der Waals surface area contributed by atoms with E-state index in [1.165, 1.54) is 54.7 Å². The van der Waals surface area contributed by atoms with Crippen LogP contribution in [0.25, 0.3) is 88.1 Å². The first-order valence-corrected chi connectivity index (χ1v) is 15.4. The van der Waals surface area contributed by atoms with E-state index in [-0.39, 0.29) is 0 Å². The maximum atomic E-state index is 6.54. The smallest absolute Gasteiger partial charge is 0.137 e. The monoisotopic (exact) mass is 574 g/mol. The van der Waals surface area contributed by atoms with Crippen molar-refractivity contribution in [3.8, 4) is 22.5 Å². The van der Waals surface area contributed by atoms with E-state index >= 15 is 0 Å². The van der Waals surface area contributed by atoms with Gasteiger partial charge in [0, 0.05) is 49.8 Å². The fourth-order valence-corrected chi connectivity index (χ4v) is 7.46. The van der Waals surface area contributed by atoms with Crippen LogP contribution in [0.2, 0.25) is 0 Å². The summed E-state index contributed by atoms with van der Waals surface area (Å²) in [6.07, 6.45) is 0. The van der Waals surface area contributed by atoms with Gasteiger partial charge in [-0.05, 0) is 65.7 Å². The van der Waals surface area contributed by atoms with E-state index in [4.69, 9.17) is 4.42 Å². The summed E-state index contributed by atoms with van der Waals surface area (Å²) >= 11 is 0. The fraction of sp³-hybridized carbons (Fsp3) is 0. The molecule has 10 aromatic rings. The third kappa shape index (κ3) is 3.41. The predicted molar refractivity (Wildman–Crippen MR) is 188 cm³/mol. The van der Waals surface area contributed by atoms with E-state index in [1.807, 2.05) is 0 Å². The Balaban J connectivity index is 1.28. The van der Waals surface area contributed by atoms with Gasteiger partial charge in [-0.3, -0.25) is 0 Å². The topological polar surface area (TPSA) is 23.0 Å². The number of rotatable bonds is 3. The molecule has 0 saturated carbocycles. The first-order chi connectivity index (χ1) is 22.3. The molecule has 45 heavy (non-hydrogen) atoms. The quantitative estimate of drug-likeness (QED) is 0.206. The molecule has 0 radical (unpaired) electrons. The molecule has 0 amide bonds. The Labute approximate surface area is 258 Å². The van der Waals surface area contributed by atoms with E-state index < -0.39 is 0 Å². The van der Waals surface area contributed by atoms with Crippen molar-refractivity contribution in [3.63, 3.8) is 0 Å². The van der Waals surface area contributed by atoms with Gasteiger partial charge in [-0.2, -0.15) is 0 Å². The van der Waals surface area contributed by atoms with Gasteiger partial charge in [0.15, 0.2) is 0 Å². The summed E-state index contributed by atoms with van der Waals surface area (Å²) in [4.78, 5) is 0. The Kier molecular flexibility index (Phi) is 5.00. The molecule has 0 aliphatic carbocycles. The molecule has 3 heteroatoms. The lowest BCUT2D eigenvalue weighted by atomic mass is 9.99. The van der Waals surface area contributed by atoms with E-state index in [2.05, 4.69) is 167 Å². The predicted octanol–water partition coefficient (Wildman–Crippen LogP) is 11.4. The molecular weight excluding hydrogens is 548 g/mol. The van der Waals surface area contributed by atoms with E-state index in [0.29, 0.717) is 0 Å². The van der Waals surface area contributed by atoms with Crippen LogP contribution in [0.4, 0.5) is 0 Å². The minimum atomic E-state index is 0.888. The van der Waals surface area contributed by atoms with Gasteiger partial charge in [0.1, 0.15) is 11.2 Å². The minimum Gasteiger partial charge on any atom is -0.456 e. The molecule has 210 valence electrons. The molecule has 3 nitrogen and oxygen atoms in total. The van der Waals surface area contributed by atoms with Crippen molar-refractivity contribution in [2.45, 2.75) is 0 Å². The fourth-order valence-electron chi connectivity index (χ4n) is 7.46. The van der Waals surface area contributed by atoms with Gasteiger partial charge in [0.05, 0.1) is 22.1 Å².